The zero-order valence-corrected chi connectivity index (χ0v) is 24.4. The Bertz CT molecular complexity index is 1590. The number of aliphatic carboxylic acids is 1. The van der Waals surface area contributed by atoms with E-state index in [0.717, 1.165) is 43.4 Å². The molecule has 1 aliphatic carbocycles. The molecule has 0 aromatic heterocycles. The summed E-state index contributed by atoms with van der Waals surface area (Å²) in [6, 6.07) is 18.3. The molecule has 0 heterocycles. The molecule has 3 aromatic carbocycles. The van der Waals surface area contributed by atoms with E-state index in [4.69, 9.17) is 5.11 Å². The van der Waals surface area contributed by atoms with Gasteiger partial charge in [-0.15, -0.1) is 13.2 Å². The van der Waals surface area contributed by atoms with Crippen LogP contribution in [0.2, 0.25) is 0 Å². The molecule has 3 aromatic rings. The predicted molar refractivity (Wildman–Crippen MR) is 164 cm³/mol. The molecular weight excluding hydrogens is 609 g/mol. The molecule has 11 nitrogen and oxygen atoms in total. The van der Waals surface area contributed by atoms with Gasteiger partial charge in [-0.05, 0) is 90.9 Å². The van der Waals surface area contributed by atoms with Crippen LogP contribution in [0.1, 0.15) is 47.2 Å². The van der Waals surface area contributed by atoms with Crippen molar-refractivity contribution >= 4 is 34.7 Å². The van der Waals surface area contributed by atoms with Crippen LogP contribution in [-0.4, -0.2) is 58.4 Å². The zero-order valence-electron chi connectivity index (χ0n) is 24.4. The Labute approximate surface area is 261 Å². The molecule has 0 saturated carbocycles. The Hall–Kier alpha value is -5.24. The number of nitrogens with zero attached hydrogens (tertiary/aromatic N) is 3. The monoisotopic (exact) mass is 640 g/mol. The SMILES string of the molecule is O=C(NC[C@@H](O)C(=O)O)c1ccc(CN(C(C[N+](=O)[O-])=Nc2ccc(OC(F)(F)F)cc2)c2ccc(C3=CCCCC3)cc2)cc1. The molecule has 4 rings (SSSR count). The number of aliphatic imine (C=N–C) groups is 1. The van der Waals surface area contributed by atoms with Crippen LogP contribution in [0, 0.1) is 10.1 Å². The number of hydrogen-bond acceptors (Lipinski definition) is 7. The van der Waals surface area contributed by atoms with E-state index in [1.807, 2.05) is 24.3 Å². The number of aliphatic hydroxyl groups excluding tert-OH is 1. The molecule has 0 aliphatic heterocycles. The summed E-state index contributed by atoms with van der Waals surface area (Å²) < 4.78 is 41.8. The number of amidine groups is 1. The lowest BCUT2D eigenvalue weighted by Gasteiger charge is -2.25. The van der Waals surface area contributed by atoms with E-state index >= 15 is 0 Å². The van der Waals surface area contributed by atoms with Crippen LogP contribution >= 0.6 is 0 Å². The van der Waals surface area contributed by atoms with Crippen LogP contribution in [0.5, 0.6) is 5.75 Å². The molecule has 46 heavy (non-hydrogen) atoms. The molecule has 1 amide bonds. The number of alkyl halides is 3. The van der Waals surface area contributed by atoms with Gasteiger partial charge in [0.05, 0.1) is 12.2 Å². The quantitative estimate of drug-likeness (QED) is 0.0982. The number of hydrogen-bond donors (Lipinski definition) is 3. The maximum atomic E-state index is 12.6. The molecule has 0 unspecified atom stereocenters. The lowest BCUT2D eigenvalue weighted by molar-refractivity contribution is -0.463. The van der Waals surface area contributed by atoms with Gasteiger partial charge in [0.1, 0.15) is 5.75 Å². The number of anilines is 1. The van der Waals surface area contributed by atoms with Crippen molar-refractivity contribution in [2.75, 3.05) is 18.0 Å². The molecule has 1 atom stereocenters. The average molecular weight is 641 g/mol. The van der Waals surface area contributed by atoms with Crippen LogP contribution in [-0.2, 0) is 11.3 Å². The third-order valence-electron chi connectivity index (χ3n) is 7.05. The largest absolute Gasteiger partial charge is 0.573 e. The maximum Gasteiger partial charge on any atom is 0.573 e. The number of amides is 1. The van der Waals surface area contributed by atoms with Gasteiger partial charge in [-0.2, -0.15) is 0 Å². The minimum Gasteiger partial charge on any atom is -0.479 e. The van der Waals surface area contributed by atoms with Crippen LogP contribution in [0.15, 0.2) is 83.9 Å². The Kier molecular flexibility index (Phi) is 11.1. The van der Waals surface area contributed by atoms with Gasteiger partial charge in [0, 0.05) is 22.7 Å². The first kappa shape index (κ1) is 33.6. The number of nitro groups is 1. The number of carboxylic acid groups (broad SMARTS) is 1. The molecule has 0 spiro atoms. The fraction of sp³-hybridized carbons (Fsp3) is 0.281. The molecule has 0 fully saturated rings. The molecular formula is C32H31F3N4O7. The van der Waals surface area contributed by atoms with Gasteiger partial charge < -0.3 is 25.2 Å². The molecule has 1 aliphatic rings. The van der Waals surface area contributed by atoms with Gasteiger partial charge >= 0.3 is 12.3 Å². The summed E-state index contributed by atoms with van der Waals surface area (Å²) in [4.78, 5) is 40.5. The Morgan fingerprint density at radius 3 is 2.26 bits per heavy atom. The van der Waals surface area contributed by atoms with Crippen molar-refractivity contribution in [2.45, 2.75) is 44.7 Å². The first-order valence-corrected chi connectivity index (χ1v) is 14.3. The van der Waals surface area contributed by atoms with E-state index in [-0.39, 0.29) is 23.6 Å². The number of ether oxygens (including phenoxy) is 1. The smallest absolute Gasteiger partial charge is 0.479 e. The van der Waals surface area contributed by atoms with Gasteiger partial charge in [0.25, 0.3) is 12.5 Å². The Morgan fingerprint density at radius 1 is 1.02 bits per heavy atom. The van der Waals surface area contributed by atoms with Crippen molar-refractivity contribution in [2.24, 2.45) is 4.99 Å². The van der Waals surface area contributed by atoms with Crippen molar-refractivity contribution < 1.29 is 42.6 Å². The number of carbonyl (C=O) groups excluding carboxylic acids is 1. The van der Waals surface area contributed by atoms with Crippen LogP contribution in [0.3, 0.4) is 0 Å². The van der Waals surface area contributed by atoms with E-state index in [9.17, 15) is 38.0 Å². The third kappa shape index (κ3) is 9.89. The van der Waals surface area contributed by atoms with E-state index in [2.05, 4.69) is 21.1 Å². The molecule has 0 saturated heterocycles. The lowest BCUT2D eigenvalue weighted by Crippen LogP contribution is -2.36. The van der Waals surface area contributed by atoms with Gasteiger partial charge in [-0.25, -0.2) is 9.79 Å². The summed E-state index contributed by atoms with van der Waals surface area (Å²) in [5.41, 5.74) is 3.80. The number of carboxylic acids is 1. The van der Waals surface area contributed by atoms with Crippen molar-refractivity contribution in [3.8, 4) is 5.75 Å². The molecule has 242 valence electrons. The highest BCUT2D eigenvalue weighted by Crippen LogP contribution is 2.30. The van der Waals surface area contributed by atoms with Crippen molar-refractivity contribution in [3.05, 3.63) is 106 Å². The zero-order chi connectivity index (χ0) is 33.3. The number of halogens is 3. The summed E-state index contributed by atoms with van der Waals surface area (Å²) >= 11 is 0. The van der Waals surface area contributed by atoms with Crippen molar-refractivity contribution in [1.29, 1.82) is 0 Å². The molecule has 0 bridgehead atoms. The van der Waals surface area contributed by atoms with Crippen LogP contribution in [0.4, 0.5) is 24.5 Å². The second kappa shape index (κ2) is 15.2. The number of benzene rings is 3. The fourth-order valence-electron chi connectivity index (χ4n) is 4.78. The van der Waals surface area contributed by atoms with E-state index in [1.165, 1.54) is 29.8 Å². The first-order chi connectivity index (χ1) is 21.9. The highest BCUT2D eigenvalue weighted by molar-refractivity contribution is 6.00. The van der Waals surface area contributed by atoms with Gasteiger partial charge in [0.15, 0.2) is 11.9 Å². The summed E-state index contributed by atoms with van der Waals surface area (Å²) in [5.74, 6) is -2.54. The molecule has 3 N–H and O–H groups in total. The second-order valence-corrected chi connectivity index (χ2v) is 10.4. The van der Waals surface area contributed by atoms with E-state index in [0.29, 0.717) is 11.3 Å². The predicted octanol–water partition coefficient (Wildman–Crippen LogP) is 5.73. The Morgan fingerprint density at radius 2 is 1.70 bits per heavy atom. The molecule has 0 radical (unpaired) electrons. The number of nitrogens with one attached hydrogen (secondary N) is 1. The summed E-state index contributed by atoms with van der Waals surface area (Å²) in [5, 5.41) is 32.3. The summed E-state index contributed by atoms with van der Waals surface area (Å²) in [7, 11) is 0. The number of rotatable bonds is 12. The second-order valence-electron chi connectivity index (χ2n) is 10.4. The van der Waals surface area contributed by atoms with Gasteiger partial charge in [0.2, 0.25) is 0 Å². The minimum atomic E-state index is -4.88. The first-order valence-electron chi connectivity index (χ1n) is 14.3. The van der Waals surface area contributed by atoms with E-state index in [1.54, 1.807) is 17.0 Å². The number of aliphatic hydroxyl groups is 1. The lowest BCUT2D eigenvalue weighted by atomic mass is 9.93. The number of allylic oxidation sites excluding steroid dienone is 2. The normalized spacial score (nSPS) is 14.2. The van der Waals surface area contributed by atoms with Gasteiger partial charge in [-0.3, -0.25) is 14.9 Å². The summed E-state index contributed by atoms with van der Waals surface area (Å²) in [6.45, 7) is -1.12. The van der Waals surface area contributed by atoms with E-state index < -0.39 is 48.1 Å². The van der Waals surface area contributed by atoms with Crippen LogP contribution in [0.25, 0.3) is 5.57 Å². The van der Waals surface area contributed by atoms with Crippen LogP contribution < -0.4 is 15.0 Å². The third-order valence-corrected chi connectivity index (χ3v) is 7.05. The van der Waals surface area contributed by atoms with Gasteiger partial charge in [-0.1, -0.05) is 30.3 Å². The van der Waals surface area contributed by atoms with Crippen molar-refractivity contribution in [3.63, 3.8) is 0 Å². The standard InChI is InChI=1S/C32H31F3N4O7/c33-32(34,35)46-27-16-12-25(13-17-27)37-29(20-39(44)45)38(26-14-10-23(11-15-26)22-4-2-1-3-5-22)19-21-6-8-24(9-7-21)30(41)36-18-28(40)31(42)43/h4,6-17,28,40H,1-3,5,18-20H2,(H,36,41)(H,42,43)/t28-/m1/s1. The topological polar surface area (TPSA) is 155 Å². The number of carbonyl (C=O) groups is 2. The minimum absolute atomic E-state index is 0.00333. The highest BCUT2D eigenvalue weighted by Gasteiger charge is 2.31. The molecule has 14 heteroatoms. The highest BCUT2D eigenvalue weighted by atomic mass is 19.4. The average Bonchev–Trinajstić information content (AvgIpc) is 3.03. The fourth-order valence-corrected chi connectivity index (χ4v) is 4.78. The van der Waals surface area contributed by atoms with Crippen molar-refractivity contribution in [1.82, 2.24) is 5.32 Å². The maximum absolute atomic E-state index is 12.6. The summed E-state index contributed by atoms with van der Waals surface area (Å²) in [6.07, 6.45) is -0.296. The Balaban J connectivity index is 1.65.